The Morgan fingerprint density at radius 1 is 1.61 bits per heavy atom. The van der Waals surface area contributed by atoms with Crippen molar-refractivity contribution in [3.63, 3.8) is 0 Å². The molecule has 1 saturated heterocycles. The zero-order valence-electron chi connectivity index (χ0n) is 11.6. The van der Waals surface area contributed by atoms with Crippen molar-refractivity contribution in [1.82, 2.24) is 10.6 Å². The molecular formula is C13H23N3O2. The quantitative estimate of drug-likeness (QED) is 0.317. The Balaban J connectivity index is 2.22. The van der Waals surface area contributed by atoms with E-state index < -0.39 is 0 Å². The number of oxime groups is 1. The Morgan fingerprint density at radius 2 is 2.39 bits per heavy atom. The van der Waals surface area contributed by atoms with Crippen LogP contribution >= 0.6 is 0 Å². The first-order valence-corrected chi connectivity index (χ1v) is 6.27. The minimum absolute atomic E-state index is 0.0802. The molecule has 0 aromatic carbocycles. The van der Waals surface area contributed by atoms with E-state index in [1.54, 1.807) is 14.0 Å². The van der Waals surface area contributed by atoms with Crippen LogP contribution in [-0.2, 0) is 9.57 Å². The van der Waals surface area contributed by atoms with Gasteiger partial charge in [0.2, 0.25) is 0 Å². The molecule has 1 aliphatic heterocycles. The highest BCUT2D eigenvalue weighted by atomic mass is 16.6. The predicted octanol–water partition coefficient (Wildman–Crippen LogP) is 0.715. The van der Waals surface area contributed by atoms with Gasteiger partial charge in [-0.2, -0.15) is 0 Å². The number of ether oxygens (including phenoxy) is 1. The molecule has 3 atom stereocenters. The van der Waals surface area contributed by atoms with E-state index in [0.29, 0.717) is 24.4 Å². The summed E-state index contributed by atoms with van der Waals surface area (Å²) < 4.78 is 5.18. The second-order valence-corrected chi connectivity index (χ2v) is 4.43. The summed E-state index contributed by atoms with van der Waals surface area (Å²) >= 11 is 0. The minimum Gasteiger partial charge on any atom is -0.393 e. The van der Waals surface area contributed by atoms with Crippen LogP contribution in [-0.4, -0.2) is 44.3 Å². The first kappa shape index (κ1) is 15.0. The van der Waals surface area contributed by atoms with Gasteiger partial charge in [-0.05, 0) is 33.1 Å². The van der Waals surface area contributed by atoms with Gasteiger partial charge in [0.1, 0.15) is 18.5 Å². The van der Waals surface area contributed by atoms with Gasteiger partial charge < -0.3 is 14.9 Å². The second-order valence-electron chi connectivity index (χ2n) is 4.43. The van der Waals surface area contributed by atoms with Crippen LogP contribution in [0.15, 0.2) is 5.16 Å². The van der Waals surface area contributed by atoms with E-state index in [4.69, 9.17) is 9.57 Å². The van der Waals surface area contributed by atoms with E-state index in [-0.39, 0.29) is 6.23 Å². The van der Waals surface area contributed by atoms with E-state index in [9.17, 15) is 0 Å². The Morgan fingerprint density at radius 3 is 3.06 bits per heavy atom. The van der Waals surface area contributed by atoms with E-state index in [2.05, 4.69) is 27.6 Å². The fraction of sp³-hybridized carbons (Fsp3) is 0.769. The maximum atomic E-state index is 5.28. The average Bonchev–Trinajstić information content (AvgIpc) is 2.77. The number of hydrogen-bond donors (Lipinski definition) is 2. The van der Waals surface area contributed by atoms with Gasteiger partial charge in [0, 0.05) is 25.7 Å². The highest BCUT2D eigenvalue weighted by Crippen LogP contribution is 2.08. The van der Waals surface area contributed by atoms with Crippen molar-refractivity contribution in [1.29, 1.82) is 0 Å². The molecule has 1 fully saturated rings. The second kappa shape index (κ2) is 8.09. The molecule has 0 radical (unpaired) electrons. The molecule has 1 rings (SSSR count). The molecule has 102 valence electrons. The van der Waals surface area contributed by atoms with Gasteiger partial charge in [-0.15, -0.1) is 0 Å². The molecule has 0 saturated carbocycles. The Bertz CT molecular complexity index is 333. The van der Waals surface area contributed by atoms with Crippen LogP contribution in [0.1, 0.15) is 27.2 Å². The van der Waals surface area contributed by atoms with Crippen molar-refractivity contribution in [2.45, 2.75) is 45.5 Å². The number of methoxy groups -OCH3 is 1. The maximum absolute atomic E-state index is 5.28. The molecular weight excluding hydrogens is 230 g/mol. The Hall–Kier alpha value is -1.09. The monoisotopic (exact) mass is 253 g/mol. The molecule has 0 bridgehead atoms. The molecule has 0 amide bonds. The summed E-state index contributed by atoms with van der Waals surface area (Å²) in [5.41, 5.74) is 0.707. The molecule has 2 N–H and O–H groups in total. The van der Waals surface area contributed by atoms with Gasteiger partial charge in [-0.1, -0.05) is 11.1 Å². The van der Waals surface area contributed by atoms with Gasteiger partial charge in [0.25, 0.3) is 0 Å². The summed E-state index contributed by atoms with van der Waals surface area (Å²) in [5, 5.41) is 10.7. The smallest absolute Gasteiger partial charge is 0.132 e. The number of rotatable bonds is 6. The first-order chi connectivity index (χ1) is 8.65. The van der Waals surface area contributed by atoms with Gasteiger partial charge in [0.15, 0.2) is 0 Å². The lowest BCUT2D eigenvalue weighted by Crippen LogP contribution is -2.38. The van der Waals surface area contributed by atoms with Crippen LogP contribution in [0.3, 0.4) is 0 Å². The van der Waals surface area contributed by atoms with Crippen molar-refractivity contribution in [3.8, 4) is 11.8 Å². The zero-order valence-corrected chi connectivity index (χ0v) is 11.6. The van der Waals surface area contributed by atoms with Crippen molar-refractivity contribution in [2.75, 3.05) is 20.3 Å². The van der Waals surface area contributed by atoms with E-state index in [1.807, 2.05) is 13.8 Å². The van der Waals surface area contributed by atoms with E-state index >= 15 is 0 Å². The molecule has 1 heterocycles. The van der Waals surface area contributed by atoms with E-state index in [1.165, 1.54) is 0 Å². The largest absolute Gasteiger partial charge is 0.393 e. The Labute approximate surface area is 109 Å². The van der Waals surface area contributed by atoms with Gasteiger partial charge in [-0.3, -0.25) is 5.32 Å². The predicted molar refractivity (Wildman–Crippen MR) is 72.3 cm³/mol. The van der Waals surface area contributed by atoms with Gasteiger partial charge in [0.05, 0.1) is 0 Å². The van der Waals surface area contributed by atoms with Gasteiger partial charge in [-0.25, -0.2) is 0 Å². The molecule has 1 aliphatic rings. The average molecular weight is 253 g/mol. The van der Waals surface area contributed by atoms with Crippen molar-refractivity contribution < 1.29 is 9.57 Å². The van der Waals surface area contributed by atoms with Crippen molar-refractivity contribution >= 4 is 5.71 Å². The third-order valence-electron chi connectivity index (χ3n) is 2.83. The summed E-state index contributed by atoms with van der Waals surface area (Å²) in [5.74, 6) is 5.62. The topological polar surface area (TPSA) is 54.9 Å². The first-order valence-electron chi connectivity index (χ1n) is 6.27. The zero-order chi connectivity index (χ0) is 13.4. The Kier molecular flexibility index (Phi) is 6.73. The molecule has 5 heteroatoms. The van der Waals surface area contributed by atoms with E-state index in [0.717, 1.165) is 13.0 Å². The normalized spacial score (nSPS) is 25.4. The molecule has 5 nitrogen and oxygen atoms in total. The fourth-order valence-corrected chi connectivity index (χ4v) is 1.90. The van der Waals surface area contributed by atoms with Crippen molar-refractivity contribution in [2.24, 2.45) is 5.16 Å². The summed E-state index contributed by atoms with van der Waals surface area (Å²) in [6, 6.07) is 0.756. The highest BCUT2D eigenvalue weighted by Gasteiger charge is 2.25. The van der Waals surface area contributed by atoms with Crippen LogP contribution in [0.2, 0.25) is 0 Å². The summed E-state index contributed by atoms with van der Waals surface area (Å²) in [4.78, 5) is 5.28. The van der Waals surface area contributed by atoms with Crippen molar-refractivity contribution in [3.05, 3.63) is 0 Å². The molecule has 0 aliphatic carbocycles. The maximum Gasteiger partial charge on any atom is 0.132 e. The SMILES string of the molecule is CC#C/C(C)=N\OC[C@@H]1CC(NC(C)OC)CN1. The summed E-state index contributed by atoms with van der Waals surface area (Å²) in [6.45, 7) is 7.12. The van der Waals surface area contributed by atoms with Crippen LogP contribution < -0.4 is 10.6 Å². The molecule has 2 unspecified atom stereocenters. The lowest BCUT2D eigenvalue weighted by Gasteiger charge is -2.17. The molecule has 0 spiro atoms. The summed E-state index contributed by atoms with van der Waals surface area (Å²) in [7, 11) is 1.70. The van der Waals surface area contributed by atoms with Crippen LogP contribution in [0, 0.1) is 11.8 Å². The molecule has 0 aromatic rings. The number of hydrogen-bond acceptors (Lipinski definition) is 5. The van der Waals surface area contributed by atoms with Crippen LogP contribution in [0.25, 0.3) is 0 Å². The molecule has 0 aromatic heterocycles. The number of nitrogens with zero attached hydrogens (tertiary/aromatic N) is 1. The molecule has 18 heavy (non-hydrogen) atoms. The summed E-state index contributed by atoms with van der Waals surface area (Å²) in [6.07, 6.45) is 1.10. The standard InChI is InChI=1S/C13H23N3O2/c1-5-6-10(2)16-18-9-13-7-12(8-14-13)15-11(3)17-4/h11-15H,7-9H2,1-4H3/b16-10-/t11?,12?,13-/m0/s1. The van der Waals surface area contributed by atoms with Gasteiger partial charge >= 0.3 is 0 Å². The fourth-order valence-electron chi connectivity index (χ4n) is 1.90. The third-order valence-corrected chi connectivity index (χ3v) is 2.83. The highest BCUT2D eigenvalue weighted by molar-refractivity contribution is 5.97. The number of nitrogens with one attached hydrogen (secondary N) is 2. The van der Waals surface area contributed by atoms with Crippen LogP contribution in [0.4, 0.5) is 0 Å². The third kappa shape index (κ3) is 5.50. The lowest BCUT2D eigenvalue weighted by molar-refractivity contribution is 0.0788. The lowest BCUT2D eigenvalue weighted by atomic mass is 10.2. The van der Waals surface area contributed by atoms with Crippen LogP contribution in [0.5, 0.6) is 0 Å². The minimum atomic E-state index is 0.0802.